The van der Waals surface area contributed by atoms with E-state index in [0.29, 0.717) is 6.42 Å². The fourth-order valence-electron chi connectivity index (χ4n) is 1.69. The fraction of sp³-hybridized carbons (Fsp3) is 0.357. The van der Waals surface area contributed by atoms with Crippen molar-refractivity contribution in [3.63, 3.8) is 0 Å². The first-order valence-corrected chi connectivity index (χ1v) is 6.47. The summed E-state index contributed by atoms with van der Waals surface area (Å²) in [5.74, 6) is -1.88. The van der Waals surface area contributed by atoms with Crippen LogP contribution >= 0.6 is 0 Å². The van der Waals surface area contributed by atoms with Crippen LogP contribution in [0.1, 0.15) is 24.9 Å². The van der Waals surface area contributed by atoms with Gasteiger partial charge in [-0.2, -0.15) is 0 Å². The number of aliphatic carboxylic acids is 1. The summed E-state index contributed by atoms with van der Waals surface area (Å²) in [5.41, 5.74) is 0.935. The number of rotatable bonds is 7. The number of carboxylic acids is 1. The van der Waals surface area contributed by atoms with Crippen LogP contribution in [-0.2, 0) is 14.3 Å². The molecule has 0 fully saturated rings. The summed E-state index contributed by atoms with van der Waals surface area (Å²) < 4.78 is 4.58. The number of carboxylic acid groups (broad SMARTS) is 1. The van der Waals surface area contributed by atoms with Crippen LogP contribution in [0, 0.1) is 0 Å². The summed E-state index contributed by atoms with van der Waals surface area (Å²) in [6.07, 6.45) is 0.668. The molecule has 0 spiro atoms. The van der Waals surface area contributed by atoms with E-state index >= 15 is 0 Å². The predicted molar refractivity (Wildman–Crippen MR) is 74.6 cm³/mol. The second-order valence-corrected chi connectivity index (χ2v) is 4.28. The Morgan fingerprint density at radius 3 is 2.43 bits per heavy atom. The lowest BCUT2D eigenvalue weighted by atomic mass is 10.1. The number of imide groups is 1. The minimum atomic E-state index is -1.18. The van der Waals surface area contributed by atoms with Crippen molar-refractivity contribution >= 4 is 17.9 Å². The molecule has 7 nitrogen and oxygen atoms in total. The maximum absolute atomic E-state index is 11.7. The number of carbonyl (C=O) groups excluding carboxylic acids is 2. The molecule has 1 rings (SSSR count). The van der Waals surface area contributed by atoms with E-state index in [-0.39, 0.29) is 6.04 Å². The van der Waals surface area contributed by atoms with Gasteiger partial charge in [0.15, 0.2) is 0 Å². The molecule has 0 bridgehead atoms. The van der Waals surface area contributed by atoms with E-state index in [1.165, 1.54) is 0 Å². The zero-order valence-electron chi connectivity index (χ0n) is 11.7. The number of hydrogen-bond donors (Lipinski definition) is 3. The van der Waals surface area contributed by atoms with E-state index in [9.17, 15) is 14.4 Å². The number of urea groups is 1. The van der Waals surface area contributed by atoms with Crippen LogP contribution < -0.4 is 10.6 Å². The Labute approximate surface area is 122 Å². The van der Waals surface area contributed by atoms with Gasteiger partial charge in [-0.15, -0.1) is 0 Å². The molecule has 1 unspecified atom stereocenters. The molecule has 7 heteroatoms. The summed E-state index contributed by atoms with van der Waals surface area (Å²) >= 11 is 0. The summed E-state index contributed by atoms with van der Waals surface area (Å²) in [4.78, 5) is 33.2. The maximum Gasteiger partial charge on any atom is 0.329 e. The van der Waals surface area contributed by atoms with Gasteiger partial charge in [0.25, 0.3) is 5.91 Å². The number of carbonyl (C=O) groups is 3. The average Bonchev–Trinajstić information content (AvgIpc) is 2.45. The van der Waals surface area contributed by atoms with Crippen LogP contribution in [0.3, 0.4) is 0 Å². The van der Waals surface area contributed by atoms with Gasteiger partial charge in [-0.25, -0.2) is 9.59 Å². The van der Waals surface area contributed by atoms with Gasteiger partial charge in [0.05, 0.1) is 6.04 Å². The van der Waals surface area contributed by atoms with Crippen molar-refractivity contribution in [3.8, 4) is 0 Å². The van der Waals surface area contributed by atoms with Gasteiger partial charge in [0.2, 0.25) is 0 Å². The smallest absolute Gasteiger partial charge is 0.329 e. The first kappa shape index (κ1) is 16.6. The van der Waals surface area contributed by atoms with E-state index in [1.807, 2.05) is 37.3 Å². The van der Waals surface area contributed by atoms with Crippen LogP contribution in [0.5, 0.6) is 0 Å². The van der Waals surface area contributed by atoms with Crippen LogP contribution in [0.2, 0.25) is 0 Å². The van der Waals surface area contributed by atoms with Crippen molar-refractivity contribution in [2.24, 2.45) is 0 Å². The number of hydrogen-bond acceptors (Lipinski definition) is 4. The lowest BCUT2D eigenvalue weighted by Crippen LogP contribution is -2.42. The van der Waals surface area contributed by atoms with E-state index in [2.05, 4.69) is 15.4 Å². The minimum Gasteiger partial charge on any atom is -0.480 e. The maximum atomic E-state index is 11.7. The highest BCUT2D eigenvalue weighted by Gasteiger charge is 2.14. The van der Waals surface area contributed by atoms with Gasteiger partial charge in [-0.05, 0) is 12.0 Å². The topological polar surface area (TPSA) is 105 Å². The monoisotopic (exact) mass is 294 g/mol. The SMILES string of the molecule is CCC(NC(=O)NC(=O)COCC(=O)O)c1ccccc1. The van der Waals surface area contributed by atoms with Gasteiger partial charge in [0.1, 0.15) is 13.2 Å². The molecule has 3 N–H and O–H groups in total. The molecule has 3 amide bonds. The highest BCUT2D eigenvalue weighted by Crippen LogP contribution is 2.15. The predicted octanol–water partition coefficient (Wildman–Crippen LogP) is 1.06. The number of amides is 3. The first-order chi connectivity index (χ1) is 10.0. The quantitative estimate of drug-likeness (QED) is 0.697. The Morgan fingerprint density at radius 2 is 1.86 bits per heavy atom. The van der Waals surface area contributed by atoms with E-state index < -0.39 is 31.1 Å². The Kier molecular flexibility index (Phi) is 6.90. The van der Waals surface area contributed by atoms with E-state index in [0.717, 1.165) is 5.56 Å². The number of nitrogens with one attached hydrogen (secondary N) is 2. The third-order valence-electron chi connectivity index (χ3n) is 2.63. The molecule has 0 radical (unpaired) electrons. The molecule has 114 valence electrons. The summed E-state index contributed by atoms with van der Waals surface area (Å²) in [6.45, 7) is 0.841. The molecular weight excluding hydrogens is 276 g/mol. The molecule has 1 aromatic rings. The summed E-state index contributed by atoms with van der Waals surface area (Å²) in [6, 6.07) is 8.51. The van der Waals surface area contributed by atoms with Gasteiger partial charge in [-0.3, -0.25) is 10.1 Å². The highest BCUT2D eigenvalue weighted by molar-refractivity contribution is 5.95. The molecule has 1 aromatic carbocycles. The first-order valence-electron chi connectivity index (χ1n) is 6.47. The van der Waals surface area contributed by atoms with Crippen molar-refractivity contribution in [2.45, 2.75) is 19.4 Å². The van der Waals surface area contributed by atoms with E-state index in [1.54, 1.807) is 0 Å². The van der Waals surface area contributed by atoms with Crippen LogP contribution in [0.15, 0.2) is 30.3 Å². The summed E-state index contributed by atoms with van der Waals surface area (Å²) in [5, 5.41) is 13.1. The average molecular weight is 294 g/mol. The van der Waals surface area contributed by atoms with Crippen LogP contribution in [0.4, 0.5) is 4.79 Å². The van der Waals surface area contributed by atoms with Gasteiger partial charge < -0.3 is 15.2 Å². The fourth-order valence-corrected chi connectivity index (χ4v) is 1.69. The van der Waals surface area contributed by atoms with Gasteiger partial charge >= 0.3 is 12.0 Å². The normalized spacial score (nSPS) is 11.5. The van der Waals surface area contributed by atoms with Crippen LogP contribution in [0.25, 0.3) is 0 Å². The second-order valence-electron chi connectivity index (χ2n) is 4.28. The minimum absolute atomic E-state index is 0.209. The highest BCUT2D eigenvalue weighted by atomic mass is 16.5. The molecule has 0 heterocycles. The standard InChI is InChI=1S/C14H18N2O5/c1-2-11(10-6-4-3-5-7-10)15-14(20)16-12(17)8-21-9-13(18)19/h3-7,11H,2,8-9H2,1H3,(H,18,19)(H2,15,16,17,20). The molecule has 0 aromatic heterocycles. The molecular formula is C14H18N2O5. The number of ether oxygens (including phenoxy) is 1. The molecule has 21 heavy (non-hydrogen) atoms. The third-order valence-corrected chi connectivity index (χ3v) is 2.63. The van der Waals surface area contributed by atoms with Crippen molar-refractivity contribution < 1.29 is 24.2 Å². The number of benzene rings is 1. The van der Waals surface area contributed by atoms with Crippen molar-refractivity contribution in [1.29, 1.82) is 0 Å². The largest absolute Gasteiger partial charge is 0.480 e. The Morgan fingerprint density at radius 1 is 1.19 bits per heavy atom. The van der Waals surface area contributed by atoms with E-state index in [4.69, 9.17) is 5.11 Å². The Hall–Kier alpha value is -2.41. The van der Waals surface area contributed by atoms with Gasteiger partial charge in [0, 0.05) is 0 Å². The lowest BCUT2D eigenvalue weighted by molar-refractivity contribution is -0.143. The van der Waals surface area contributed by atoms with Crippen molar-refractivity contribution in [2.75, 3.05) is 13.2 Å². The third kappa shape index (κ3) is 6.53. The van der Waals surface area contributed by atoms with Crippen LogP contribution in [-0.4, -0.2) is 36.2 Å². The Bertz CT molecular complexity index is 489. The summed E-state index contributed by atoms with van der Waals surface area (Å²) in [7, 11) is 0. The molecule has 0 saturated heterocycles. The van der Waals surface area contributed by atoms with Gasteiger partial charge in [-0.1, -0.05) is 37.3 Å². The molecule has 1 atom stereocenters. The molecule has 0 aliphatic heterocycles. The second kappa shape index (κ2) is 8.70. The zero-order valence-corrected chi connectivity index (χ0v) is 11.7. The molecule has 0 saturated carbocycles. The molecule has 0 aliphatic rings. The van der Waals surface area contributed by atoms with Crippen molar-refractivity contribution in [3.05, 3.63) is 35.9 Å². The Balaban J connectivity index is 2.41. The lowest BCUT2D eigenvalue weighted by Gasteiger charge is -2.17. The van der Waals surface area contributed by atoms with Crippen molar-refractivity contribution in [1.82, 2.24) is 10.6 Å². The zero-order chi connectivity index (χ0) is 15.7. The molecule has 0 aliphatic carbocycles.